The van der Waals surface area contributed by atoms with Crippen molar-refractivity contribution in [3.8, 4) is 17.2 Å². The minimum absolute atomic E-state index is 0.241. The summed E-state index contributed by atoms with van der Waals surface area (Å²) in [5, 5.41) is 2.78. The molecule has 0 spiro atoms. The number of para-hydroxylation sites is 1. The number of sulfonamides is 1. The Labute approximate surface area is 184 Å². The van der Waals surface area contributed by atoms with E-state index in [9.17, 15) is 13.2 Å². The van der Waals surface area contributed by atoms with Crippen molar-refractivity contribution in [2.45, 2.75) is 19.8 Å². The lowest BCUT2D eigenvalue weighted by Crippen LogP contribution is -2.40. The zero-order chi connectivity index (χ0) is 22.9. The number of aryl methyl sites for hydroxylation is 1. The fraction of sp³-hybridized carbons (Fsp3) is 0.409. The van der Waals surface area contributed by atoms with E-state index in [1.807, 2.05) is 31.2 Å². The van der Waals surface area contributed by atoms with Crippen LogP contribution in [-0.2, 0) is 21.2 Å². The van der Waals surface area contributed by atoms with Crippen LogP contribution in [0.4, 0.5) is 5.69 Å². The van der Waals surface area contributed by atoms with E-state index in [4.69, 9.17) is 14.2 Å². The Bertz CT molecular complexity index is 978. The van der Waals surface area contributed by atoms with E-state index < -0.39 is 15.9 Å². The predicted molar refractivity (Wildman–Crippen MR) is 121 cm³/mol. The Morgan fingerprint density at radius 1 is 1.06 bits per heavy atom. The van der Waals surface area contributed by atoms with Crippen molar-refractivity contribution in [1.29, 1.82) is 0 Å². The second-order valence-electron chi connectivity index (χ2n) is 6.80. The lowest BCUT2D eigenvalue weighted by Gasteiger charge is -2.24. The molecule has 170 valence electrons. The molecule has 9 heteroatoms. The standard InChI is InChI=1S/C22H30N2O6S/c1-5-30-20-11-7-6-9-17(20)10-8-14-23-22(25)16-24(31(4,26)27)19-15-18(28-2)12-13-21(19)29-3/h6-7,9,11-13,15H,5,8,10,14,16H2,1-4H3,(H,23,25). The summed E-state index contributed by atoms with van der Waals surface area (Å²) in [4.78, 5) is 12.5. The lowest BCUT2D eigenvalue weighted by atomic mass is 10.1. The van der Waals surface area contributed by atoms with Gasteiger partial charge in [0.25, 0.3) is 0 Å². The van der Waals surface area contributed by atoms with E-state index in [0.29, 0.717) is 31.1 Å². The second-order valence-corrected chi connectivity index (χ2v) is 8.71. The third kappa shape index (κ3) is 7.06. The Hall–Kier alpha value is -2.94. The lowest BCUT2D eigenvalue weighted by molar-refractivity contribution is -0.119. The van der Waals surface area contributed by atoms with Crippen molar-refractivity contribution in [1.82, 2.24) is 5.32 Å². The molecule has 0 heterocycles. The number of benzene rings is 2. The highest BCUT2D eigenvalue weighted by Crippen LogP contribution is 2.33. The first-order valence-electron chi connectivity index (χ1n) is 9.97. The average Bonchev–Trinajstić information content (AvgIpc) is 2.75. The number of nitrogens with zero attached hydrogens (tertiary/aromatic N) is 1. The average molecular weight is 451 g/mol. The van der Waals surface area contributed by atoms with E-state index >= 15 is 0 Å². The fourth-order valence-corrected chi connectivity index (χ4v) is 3.92. The quantitative estimate of drug-likeness (QED) is 0.500. The van der Waals surface area contributed by atoms with Crippen LogP contribution in [-0.4, -0.2) is 54.5 Å². The van der Waals surface area contributed by atoms with E-state index in [0.717, 1.165) is 28.3 Å². The van der Waals surface area contributed by atoms with Gasteiger partial charge in [-0.25, -0.2) is 8.42 Å². The molecule has 0 aliphatic carbocycles. The van der Waals surface area contributed by atoms with Gasteiger partial charge in [-0.05, 0) is 43.5 Å². The van der Waals surface area contributed by atoms with Crippen molar-refractivity contribution in [2.75, 3.05) is 44.5 Å². The van der Waals surface area contributed by atoms with Gasteiger partial charge in [-0.1, -0.05) is 18.2 Å². The summed E-state index contributed by atoms with van der Waals surface area (Å²) in [5.41, 5.74) is 1.31. The zero-order valence-corrected chi connectivity index (χ0v) is 19.2. The van der Waals surface area contributed by atoms with Crippen molar-refractivity contribution >= 4 is 21.6 Å². The van der Waals surface area contributed by atoms with E-state index in [2.05, 4.69) is 5.32 Å². The summed E-state index contributed by atoms with van der Waals surface area (Å²) < 4.78 is 41.8. The molecule has 1 amide bonds. The molecule has 0 atom stereocenters. The molecule has 0 fully saturated rings. The van der Waals surface area contributed by atoms with Crippen molar-refractivity contribution in [3.05, 3.63) is 48.0 Å². The number of methoxy groups -OCH3 is 2. The number of carbonyl (C=O) groups is 1. The summed E-state index contributed by atoms with van der Waals surface area (Å²) in [7, 11) is -0.820. The molecule has 0 unspecified atom stereocenters. The summed E-state index contributed by atoms with van der Waals surface area (Å²) in [6.45, 7) is 2.56. The molecule has 2 rings (SSSR count). The number of anilines is 1. The van der Waals surface area contributed by atoms with Gasteiger partial charge in [0.05, 0.1) is 32.8 Å². The predicted octanol–water partition coefficient (Wildman–Crippen LogP) is 2.62. The van der Waals surface area contributed by atoms with Crippen LogP contribution in [0.1, 0.15) is 18.9 Å². The minimum Gasteiger partial charge on any atom is -0.497 e. The Balaban J connectivity index is 2.02. The summed E-state index contributed by atoms with van der Waals surface area (Å²) >= 11 is 0. The molecule has 0 saturated carbocycles. The van der Waals surface area contributed by atoms with Gasteiger partial charge in [0.2, 0.25) is 15.9 Å². The molecule has 0 aliphatic heterocycles. The van der Waals surface area contributed by atoms with Gasteiger partial charge in [0.1, 0.15) is 23.8 Å². The summed E-state index contributed by atoms with van der Waals surface area (Å²) in [6.07, 6.45) is 2.47. The van der Waals surface area contributed by atoms with Crippen molar-refractivity contribution < 1.29 is 27.4 Å². The summed E-state index contributed by atoms with van der Waals surface area (Å²) in [5.74, 6) is 1.21. The highest BCUT2D eigenvalue weighted by molar-refractivity contribution is 7.92. The molecule has 0 bridgehead atoms. The molecule has 0 aromatic heterocycles. The Morgan fingerprint density at radius 2 is 1.81 bits per heavy atom. The van der Waals surface area contributed by atoms with E-state index in [1.54, 1.807) is 12.1 Å². The minimum atomic E-state index is -3.74. The SMILES string of the molecule is CCOc1ccccc1CCCNC(=O)CN(c1cc(OC)ccc1OC)S(C)(=O)=O. The van der Waals surface area contributed by atoms with Crippen molar-refractivity contribution in [2.24, 2.45) is 0 Å². The first kappa shape index (κ1) is 24.3. The molecule has 31 heavy (non-hydrogen) atoms. The van der Waals surface area contributed by atoms with Gasteiger partial charge in [-0.15, -0.1) is 0 Å². The molecular formula is C22H30N2O6S. The largest absolute Gasteiger partial charge is 0.497 e. The van der Waals surface area contributed by atoms with Gasteiger partial charge in [0, 0.05) is 12.6 Å². The normalized spacial score (nSPS) is 11.0. The summed E-state index contributed by atoms with van der Waals surface area (Å²) in [6, 6.07) is 12.6. The van der Waals surface area contributed by atoms with Gasteiger partial charge >= 0.3 is 0 Å². The molecule has 2 aromatic rings. The maximum absolute atomic E-state index is 12.5. The maximum atomic E-state index is 12.5. The third-order valence-electron chi connectivity index (χ3n) is 4.56. The molecule has 8 nitrogen and oxygen atoms in total. The monoisotopic (exact) mass is 450 g/mol. The van der Waals surface area contributed by atoms with Gasteiger partial charge in [-0.3, -0.25) is 9.10 Å². The van der Waals surface area contributed by atoms with Crippen molar-refractivity contribution in [3.63, 3.8) is 0 Å². The van der Waals surface area contributed by atoms with Crippen LogP contribution < -0.4 is 23.8 Å². The molecule has 0 saturated heterocycles. The number of nitrogens with one attached hydrogen (secondary N) is 1. The molecule has 2 aromatic carbocycles. The second kappa shape index (κ2) is 11.5. The number of carbonyl (C=O) groups excluding carboxylic acids is 1. The van der Waals surface area contributed by atoms with Crippen LogP contribution in [0.25, 0.3) is 0 Å². The Kier molecular flexibility index (Phi) is 8.99. The number of ether oxygens (including phenoxy) is 3. The first-order chi connectivity index (χ1) is 14.8. The maximum Gasteiger partial charge on any atom is 0.240 e. The van der Waals surface area contributed by atoms with Crippen LogP contribution >= 0.6 is 0 Å². The number of rotatable bonds is 12. The Morgan fingerprint density at radius 3 is 2.45 bits per heavy atom. The smallest absolute Gasteiger partial charge is 0.240 e. The highest BCUT2D eigenvalue weighted by atomic mass is 32.2. The molecule has 1 N–H and O–H groups in total. The van der Waals surface area contributed by atoms with Crippen LogP contribution in [0, 0.1) is 0 Å². The number of amides is 1. The van der Waals surface area contributed by atoms with Gasteiger partial charge < -0.3 is 19.5 Å². The molecular weight excluding hydrogens is 420 g/mol. The zero-order valence-electron chi connectivity index (χ0n) is 18.4. The van der Waals surface area contributed by atoms with E-state index in [1.165, 1.54) is 20.3 Å². The fourth-order valence-electron chi connectivity index (χ4n) is 3.07. The van der Waals surface area contributed by atoms with Gasteiger partial charge in [0.15, 0.2) is 0 Å². The topological polar surface area (TPSA) is 94.2 Å². The van der Waals surface area contributed by atoms with Crippen LogP contribution in [0.2, 0.25) is 0 Å². The number of hydrogen-bond donors (Lipinski definition) is 1. The first-order valence-corrected chi connectivity index (χ1v) is 11.8. The van der Waals surface area contributed by atoms with Crippen LogP contribution in [0.5, 0.6) is 17.2 Å². The van der Waals surface area contributed by atoms with Crippen LogP contribution in [0.15, 0.2) is 42.5 Å². The third-order valence-corrected chi connectivity index (χ3v) is 5.69. The van der Waals surface area contributed by atoms with E-state index in [-0.39, 0.29) is 12.2 Å². The van der Waals surface area contributed by atoms with Gasteiger partial charge in [-0.2, -0.15) is 0 Å². The molecule has 0 aliphatic rings. The van der Waals surface area contributed by atoms with Crippen LogP contribution in [0.3, 0.4) is 0 Å². The highest BCUT2D eigenvalue weighted by Gasteiger charge is 2.24. The number of hydrogen-bond acceptors (Lipinski definition) is 6. The molecule has 0 radical (unpaired) electrons.